The third-order valence-corrected chi connectivity index (χ3v) is 5.79. The maximum Gasteiger partial charge on any atom is 0.326 e. The van der Waals surface area contributed by atoms with Gasteiger partial charge in [-0.2, -0.15) is 0 Å². The highest BCUT2D eigenvalue weighted by molar-refractivity contribution is 5.94. The molecule has 0 aliphatic rings. The van der Waals surface area contributed by atoms with Gasteiger partial charge in [0.2, 0.25) is 23.6 Å². The highest BCUT2D eigenvalue weighted by atomic mass is 16.4. The third kappa shape index (κ3) is 14.3. The molecule has 0 fully saturated rings. The summed E-state index contributed by atoms with van der Waals surface area (Å²) in [5.74, 6) is -6.13. The largest absolute Gasteiger partial charge is 0.481 e. The van der Waals surface area contributed by atoms with E-state index in [0.717, 1.165) is 5.56 Å². The highest BCUT2D eigenvalue weighted by Crippen LogP contribution is 2.07. The number of carboxylic acids is 2. The lowest BCUT2D eigenvalue weighted by atomic mass is 10.0. The van der Waals surface area contributed by atoms with Crippen molar-refractivity contribution < 1.29 is 39.0 Å². The molecule has 0 aliphatic heterocycles. The van der Waals surface area contributed by atoms with Crippen molar-refractivity contribution in [2.24, 2.45) is 27.9 Å². The second-order valence-corrected chi connectivity index (χ2v) is 9.20. The molecule has 0 aromatic heterocycles. The van der Waals surface area contributed by atoms with Gasteiger partial charge in [0.05, 0.1) is 6.04 Å². The van der Waals surface area contributed by atoms with Crippen LogP contribution in [0.15, 0.2) is 35.3 Å². The molecule has 0 saturated heterocycles. The average molecular weight is 579 g/mol. The molecule has 13 N–H and O–H groups in total. The molecule has 41 heavy (non-hydrogen) atoms. The average Bonchev–Trinajstić information content (AvgIpc) is 2.90. The molecule has 0 heterocycles. The van der Waals surface area contributed by atoms with Gasteiger partial charge in [-0.15, -0.1) is 0 Å². The Kier molecular flexibility index (Phi) is 14.9. The fourth-order valence-electron chi connectivity index (χ4n) is 3.64. The van der Waals surface area contributed by atoms with Crippen LogP contribution in [0.5, 0.6) is 0 Å². The molecule has 1 aromatic carbocycles. The van der Waals surface area contributed by atoms with E-state index in [2.05, 4.69) is 20.9 Å². The van der Waals surface area contributed by atoms with Gasteiger partial charge in [-0.1, -0.05) is 30.3 Å². The number of benzene rings is 1. The van der Waals surface area contributed by atoms with Crippen molar-refractivity contribution in [3.05, 3.63) is 35.9 Å². The zero-order valence-corrected chi connectivity index (χ0v) is 22.5. The van der Waals surface area contributed by atoms with Crippen LogP contribution in [0.25, 0.3) is 0 Å². The van der Waals surface area contributed by atoms with E-state index in [1.165, 1.54) is 0 Å². The van der Waals surface area contributed by atoms with Crippen molar-refractivity contribution in [2.45, 2.75) is 69.1 Å². The first-order valence-corrected chi connectivity index (χ1v) is 12.8. The van der Waals surface area contributed by atoms with Crippen LogP contribution in [-0.2, 0) is 35.2 Å². The number of rotatable bonds is 19. The second-order valence-electron chi connectivity index (χ2n) is 9.20. The number of amides is 4. The molecule has 0 saturated carbocycles. The van der Waals surface area contributed by atoms with Crippen LogP contribution < -0.4 is 38.9 Å². The molecule has 16 nitrogen and oxygen atoms in total. The summed E-state index contributed by atoms with van der Waals surface area (Å²) < 4.78 is 0. The number of carbonyl (C=O) groups is 6. The summed E-state index contributed by atoms with van der Waals surface area (Å²) in [6, 6.07) is 3.62. The van der Waals surface area contributed by atoms with Crippen LogP contribution in [0, 0.1) is 0 Å². The minimum absolute atomic E-state index is 0.0520. The van der Waals surface area contributed by atoms with Gasteiger partial charge in [-0.25, -0.2) is 4.79 Å². The maximum atomic E-state index is 13.2. The van der Waals surface area contributed by atoms with Gasteiger partial charge >= 0.3 is 11.9 Å². The van der Waals surface area contributed by atoms with Gasteiger partial charge in [-0.05, 0) is 37.7 Å². The van der Waals surface area contributed by atoms with E-state index < -0.39 is 66.2 Å². The van der Waals surface area contributed by atoms with E-state index in [9.17, 15) is 33.9 Å². The number of aliphatic imine (C=N–C) groups is 1. The smallest absolute Gasteiger partial charge is 0.326 e. The van der Waals surface area contributed by atoms with Crippen molar-refractivity contribution >= 4 is 41.5 Å². The lowest BCUT2D eigenvalue weighted by Crippen LogP contribution is -2.57. The molecule has 0 radical (unpaired) electrons. The van der Waals surface area contributed by atoms with E-state index in [4.69, 9.17) is 28.0 Å². The summed E-state index contributed by atoms with van der Waals surface area (Å²) in [7, 11) is 0. The lowest BCUT2D eigenvalue weighted by Gasteiger charge is -2.25. The number of nitrogens with one attached hydrogen (secondary N) is 3. The van der Waals surface area contributed by atoms with Crippen molar-refractivity contribution in [3.8, 4) is 0 Å². The zero-order chi connectivity index (χ0) is 30.9. The first-order valence-electron chi connectivity index (χ1n) is 12.8. The number of primary amides is 1. The summed E-state index contributed by atoms with van der Waals surface area (Å²) in [5.41, 5.74) is 22.4. The number of aliphatic carboxylic acids is 2. The number of carbonyl (C=O) groups excluding carboxylic acids is 4. The van der Waals surface area contributed by atoms with Crippen LogP contribution in [0.1, 0.15) is 44.1 Å². The molecular formula is C25H38N8O8. The Morgan fingerprint density at radius 3 is 1.83 bits per heavy atom. The SMILES string of the molecule is NC(=O)CCC(NC(=O)C(CCCN=C(N)N)NC(=O)C(CCC(=O)O)NC(=O)C(N)Cc1ccccc1)C(=O)O. The van der Waals surface area contributed by atoms with Gasteiger partial charge in [-0.3, -0.25) is 29.0 Å². The quantitative estimate of drug-likeness (QED) is 0.0461. The summed E-state index contributed by atoms with van der Waals surface area (Å²) in [5, 5.41) is 25.7. The maximum absolute atomic E-state index is 13.2. The summed E-state index contributed by atoms with van der Waals surface area (Å²) in [6.07, 6.45) is -1.12. The van der Waals surface area contributed by atoms with E-state index >= 15 is 0 Å². The number of nitrogens with zero attached hydrogens (tertiary/aromatic N) is 1. The predicted molar refractivity (Wildman–Crippen MR) is 147 cm³/mol. The van der Waals surface area contributed by atoms with Crippen molar-refractivity contribution in [2.75, 3.05) is 6.54 Å². The number of hydrogen-bond donors (Lipinski definition) is 9. The van der Waals surface area contributed by atoms with Crippen LogP contribution in [0.4, 0.5) is 0 Å². The van der Waals surface area contributed by atoms with Crippen molar-refractivity contribution in [1.29, 1.82) is 0 Å². The van der Waals surface area contributed by atoms with Gasteiger partial charge in [0.1, 0.15) is 18.1 Å². The Morgan fingerprint density at radius 2 is 1.29 bits per heavy atom. The number of carboxylic acid groups (broad SMARTS) is 2. The van der Waals surface area contributed by atoms with E-state index in [-0.39, 0.29) is 51.0 Å². The minimum atomic E-state index is -1.48. The number of guanidine groups is 1. The van der Waals surface area contributed by atoms with Gasteiger partial charge in [0.15, 0.2) is 5.96 Å². The number of nitrogens with two attached hydrogens (primary N) is 4. The Labute approximate surface area is 236 Å². The predicted octanol–water partition coefficient (Wildman–Crippen LogP) is -2.72. The first-order chi connectivity index (χ1) is 19.3. The number of hydrogen-bond acceptors (Lipinski definition) is 8. The van der Waals surface area contributed by atoms with E-state index in [1.807, 2.05) is 0 Å². The molecule has 0 spiro atoms. The van der Waals surface area contributed by atoms with Crippen LogP contribution in [0.3, 0.4) is 0 Å². The Hall–Kier alpha value is -4.73. The van der Waals surface area contributed by atoms with E-state index in [1.54, 1.807) is 30.3 Å². The molecule has 1 aromatic rings. The summed E-state index contributed by atoms with van der Waals surface area (Å²) >= 11 is 0. The van der Waals surface area contributed by atoms with Crippen molar-refractivity contribution in [1.82, 2.24) is 16.0 Å². The molecule has 1 rings (SSSR count). The van der Waals surface area contributed by atoms with Gasteiger partial charge in [0, 0.05) is 19.4 Å². The summed E-state index contributed by atoms with van der Waals surface area (Å²) in [6.45, 7) is 0.0829. The fourth-order valence-corrected chi connectivity index (χ4v) is 3.64. The molecule has 226 valence electrons. The molecule has 0 bridgehead atoms. The zero-order valence-electron chi connectivity index (χ0n) is 22.5. The van der Waals surface area contributed by atoms with Crippen molar-refractivity contribution in [3.63, 3.8) is 0 Å². The van der Waals surface area contributed by atoms with Crippen LogP contribution in [-0.4, -0.2) is 82.5 Å². The third-order valence-electron chi connectivity index (χ3n) is 5.79. The Balaban J connectivity index is 3.06. The van der Waals surface area contributed by atoms with Gasteiger partial charge < -0.3 is 49.1 Å². The topological polar surface area (TPSA) is 295 Å². The minimum Gasteiger partial charge on any atom is -0.481 e. The fraction of sp³-hybridized carbons (Fsp3) is 0.480. The molecule has 4 atom stereocenters. The normalized spacial score (nSPS) is 13.5. The van der Waals surface area contributed by atoms with Crippen LogP contribution >= 0.6 is 0 Å². The summed E-state index contributed by atoms with van der Waals surface area (Å²) in [4.78, 5) is 76.6. The first kappa shape index (κ1) is 34.3. The standard InChI is InChI=1S/C25H38N8O8/c26-15(13-14-5-2-1-3-6-14)21(37)31-17(9-11-20(35)36)23(39)32-16(7-4-12-30-25(28)29)22(38)33-18(24(40)41)8-10-19(27)34/h1-3,5-6,15-18H,4,7-13,26H2,(H2,27,34)(H,31,37)(H,32,39)(H,33,38)(H,35,36)(H,40,41)(H4,28,29,30). The second kappa shape index (κ2) is 17.8. The molecule has 16 heteroatoms. The van der Waals surface area contributed by atoms with Crippen LogP contribution in [0.2, 0.25) is 0 Å². The monoisotopic (exact) mass is 578 g/mol. The van der Waals surface area contributed by atoms with E-state index in [0.29, 0.717) is 0 Å². The molecule has 4 amide bonds. The van der Waals surface area contributed by atoms with Gasteiger partial charge in [0.25, 0.3) is 0 Å². The lowest BCUT2D eigenvalue weighted by molar-refractivity contribution is -0.142. The highest BCUT2D eigenvalue weighted by Gasteiger charge is 2.30. The molecule has 0 aliphatic carbocycles. The molecular weight excluding hydrogens is 540 g/mol. The Bertz CT molecular complexity index is 1090. The molecule has 4 unspecified atom stereocenters. The Morgan fingerprint density at radius 1 is 0.756 bits per heavy atom.